The molecule has 1 aliphatic heterocycles. The highest BCUT2D eigenvalue weighted by Crippen LogP contribution is 2.39. The third kappa shape index (κ3) is 3.95. The molecule has 0 radical (unpaired) electrons. The number of pyridine rings is 1. The lowest BCUT2D eigenvalue weighted by Gasteiger charge is -2.28. The first-order valence-corrected chi connectivity index (χ1v) is 7.77. The van der Waals surface area contributed by atoms with Gasteiger partial charge in [-0.25, -0.2) is 0 Å². The second-order valence-corrected chi connectivity index (χ2v) is 6.95. The summed E-state index contributed by atoms with van der Waals surface area (Å²) in [7, 11) is 0. The van der Waals surface area contributed by atoms with E-state index in [4.69, 9.17) is 9.47 Å². The molecule has 2 heterocycles. The van der Waals surface area contributed by atoms with Gasteiger partial charge in [0.05, 0.1) is 11.3 Å². The molecule has 1 saturated heterocycles. The third-order valence-electron chi connectivity index (χ3n) is 3.88. The zero-order valence-electron chi connectivity index (χ0n) is 14.1. The first kappa shape index (κ1) is 16.2. The zero-order valence-corrected chi connectivity index (χ0v) is 14.1. The Balaban J connectivity index is 2.19. The molecule has 1 atom stereocenters. The van der Waals surface area contributed by atoms with Crippen molar-refractivity contribution in [3.8, 4) is 5.75 Å². The molecule has 1 aromatic rings. The van der Waals surface area contributed by atoms with E-state index >= 15 is 0 Å². The van der Waals surface area contributed by atoms with Crippen LogP contribution in [-0.2, 0) is 11.3 Å². The molecular formula is C17H28N2O2. The van der Waals surface area contributed by atoms with Crippen molar-refractivity contribution in [3.05, 3.63) is 23.5 Å². The molecule has 0 saturated carbocycles. The van der Waals surface area contributed by atoms with Gasteiger partial charge in [-0.1, -0.05) is 6.92 Å². The Hall–Kier alpha value is -1.13. The van der Waals surface area contributed by atoms with E-state index in [1.807, 2.05) is 19.1 Å². The number of aromatic nitrogens is 1. The molecule has 2 rings (SSSR count). The number of nitrogens with zero attached hydrogens (tertiary/aromatic N) is 1. The predicted molar refractivity (Wildman–Crippen MR) is 84.6 cm³/mol. The highest BCUT2D eigenvalue weighted by atomic mass is 16.6. The molecule has 1 fully saturated rings. The van der Waals surface area contributed by atoms with Gasteiger partial charge in [0.2, 0.25) is 0 Å². The van der Waals surface area contributed by atoms with Gasteiger partial charge in [-0.05, 0) is 53.3 Å². The van der Waals surface area contributed by atoms with Crippen LogP contribution in [-0.4, -0.2) is 28.8 Å². The number of rotatable bonds is 5. The molecule has 1 N–H and O–H groups in total. The third-order valence-corrected chi connectivity index (χ3v) is 3.88. The van der Waals surface area contributed by atoms with Crippen LogP contribution in [0.3, 0.4) is 0 Å². The Morgan fingerprint density at radius 2 is 2.05 bits per heavy atom. The quantitative estimate of drug-likeness (QED) is 0.905. The van der Waals surface area contributed by atoms with Crippen LogP contribution in [0, 0.1) is 6.92 Å². The summed E-state index contributed by atoms with van der Waals surface area (Å²) in [4.78, 5) is 4.61. The number of hydrogen-bond donors (Lipinski definition) is 1. The van der Waals surface area contributed by atoms with Gasteiger partial charge >= 0.3 is 0 Å². The molecule has 0 bridgehead atoms. The molecular weight excluding hydrogens is 264 g/mol. The highest BCUT2D eigenvalue weighted by molar-refractivity contribution is 5.30. The second-order valence-electron chi connectivity index (χ2n) is 6.95. The minimum absolute atomic E-state index is 0.0392. The molecule has 1 aliphatic rings. The van der Waals surface area contributed by atoms with Crippen LogP contribution in [0.2, 0.25) is 0 Å². The molecule has 4 heteroatoms. The number of ether oxygens (including phenoxy) is 2. The molecule has 1 unspecified atom stereocenters. The normalized spacial score (nSPS) is 23.2. The van der Waals surface area contributed by atoms with Crippen LogP contribution in [0.4, 0.5) is 0 Å². The monoisotopic (exact) mass is 292 g/mol. The van der Waals surface area contributed by atoms with Crippen LogP contribution in [0.25, 0.3) is 0 Å². The lowest BCUT2D eigenvalue weighted by molar-refractivity contribution is -0.0847. The van der Waals surface area contributed by atoms with E-state index in [0.29, 0.717) is 0 Å². The van der Waals surface area contributed by atoms with E-state index in [-0.39, 0.29) is 17.3 Å². The van der Waals surface area contributed by atoms with Gasteiger partial charge in [0, 0.05) is 18.7 Å². The molecule has 21 heavy (non-hydrogen) atoms. The van der Waals surface area contributed by atoms with Crippen LogP contribution in [0.1, 0.15) is 52.4 Å². The summed E-state index contributed by atoms with van der Waals surface area (Å²) in [5, 5.41) is 3.32. The fourth-order valence-corrected chi connectivity index (χ4v) is 2.92. The lowest BCUT2D eigenvalue weighted by atomic mass is 9.97. The van der Waals surface area contributed by atoms with Crippen LogP contribution in [0.15, 0.2) is 12.1 Å². The number of hydrogen-bond acceptors (Lipinski definition) is 4. The Morgan fingerprint density at radius 3 is 2.62 bits per heavy atom. The summed E-state index contributed by atoms with van der Waals surface area (Å²) >= 11 is 0. The molecule has 0 amide bonds. The molecule has 4 nitrogen and oxygen atoms in total. The van der Waals surface area contributed by atoms with E-state index in [2.05, 4.69) is 44.9 Å². The van der Waals surface area contributed by atoms with Crippen molar-refractivity contribution in [2.75, 3.05) is 6.54 Å². The maximum absolute atomic E-state index is 6.28. The largest absolute Gasteiger partial charge is 0.485 e. The van der Waals surface area contributed by atoms with Crippen molar-refractivity contribution in [2.24, 2.45) is 0 Å². The smallest absolute Gasteiger partial charge is 0.142 e. The summed E-state index contributed by atoms with van der Waals surface area (Å²) in [5.41, 5.74) is 1.55. The lowest BCUT2D eigenvalue weighted by Crippen LogP contribution is -2.37. The SMILES string of the molecule is CCNCc1nc(C)ccc1OC1CC(C)(C)OC1(C)C. The van der Waals surface area contributed by atoms with E-state index in [1.165, 1.54) is 0 Å². The van der Waals surface area contributed by atoms with Crippen molar-refractivity contribution in [3.63, 3.8) is 0 Å². The standard InChI is InChI=1S/C17H28N2O2/c1-7-18-11-13-14(9-8-12(2)19-13)20-15-10-16(3,4)21-17(15,5)6/h8-9,15,18H,7,10-11H2,1-6H3. The Bertz CT molecular complexity index is 498. The van der Waals surface area contributed by atoms with Crippen molar-refractivity contribution < 1.29 is 9.47 Å². The van der Waals surface area contributed by atoms with Crippen LogP contribution >= 0.6 is 0 Å². The summed E-state index contributed by atoms with van der Waals surface area (Å²) in [5.74, 6) is 0.862. The summed E-state index contributed by atoms with van der Waals surface area (Å²) < 4.78 is 12.4. The maximum atomic E-state index is 6.28. The zero-order chi connectivity index (χ0) is 15.7. The predicted octanol–water partition coefficient (Wildman–Crippen LogP) is 3.22. The van der Waals surface area contributed by atoms with Gasteiger partial charge in [-0.3, -0.25) is 4.98 Å². The van der Waals surface area contributed by atoms with Gasteiger partial charge in [-0.2, -0.15) is 0 Å². The van der Waals surface area contributed by atoms with Gasteiger partial charge < -0.3 is 14.8 Å². The minimum atomic E-state index is -0.288. The first-order chi connectivity index (χ1) is 9.73. The Morgan fingerprint density at radius 1 is 1.33 bits per heavy atom. The molecule has 118 valence electrons. The van der Waals surface area contributed by atoms with Gasteiger partial charge in [0.1, 0.15) is 17.5 Å². The highest BCUT2D eigenvalue weighted by Gasteiger charge is 2.47. The second kappa shape index (κ2) is 5.93. The van der Waals surface area contributed by atoms with E-state index in [9.17, 15) is 0 Å². The first-order valence-electron chi connectivity index (χ1n) is 7.77. The summed E-state index contributed by atoms with van der Waals surface area (Å²) in [6.07, 6.45) is 0.923. The average molecular weight is 292 g/mol. The van der Waals surface area contributed by atoms with E-state index in [1.54, 1.807) is 0 Å². The Labute approximate surface area is 128 Å². The van der Waals surface area contributed by atoms with E-state index < -0.39 is 0 Å². The topological polar surface area (TPSA) is 43.4 Å². The summed E-state index contributed by atoms with van der Waals surface area (Å²) in [6.45, 7) is 14.2. The fourth-order valence-electron chi connectivity index (χ4n) is 2.92. The van der Waals surface area contributed by atoms with Crippen molar-refractivity contribution >= 4 is 0 Å². The van der Waals surface area contributed by atoms with Gasteiger partial charge in [-0.15, -0.1) is 0 Å². The number of nitrogens with one attached hydrogen (secondary N) is 1. The van der Waals surface area contributed by atoms with Crippen molar-refractivity contribution in [1.82, 2.24) is 10.3 Å². The molecule has 0 aliphatic carbocycles. The number of aryl methyl sites for hydroxylation is 1. The maximum Gasteiger partial charge on any atom is 0.142 e. The van der Waals surface area contributed by atoms with Crippen LogP contribution in [0.5, 0.6) is 5.75 Å². The fraction of sp³-hybridized carbons (Fsp3) is 0.706. The molecule has 1 aromatic heterocycles. The summed E-state index contributed by atoms with van der Waals surface area (Å²) in [6, 6.07) is 4.02. The van der Waals surface area contributed by atoms with Gasteiger partial charge in [0.15, 0.2) is 0 Å². The molecule has 0 aromatic carbocycles. The van der Waals surface area contributed by atoms with Crippen molar-refractivity contribution in [1.29, 1.82) is 0 Å². The van der Waals surface area contributed by atoms with E-state index in [0.717, 1.165) is 36.6 Å². The van der Waals surface area contributed by atoms with Crippen molar-refractivity contribution in [2.45, 2.75) is 71.8 Å². The average Bonchev–Trinajstić information content (AvgIpc) is 2.57. The minimum Gasteiger partial charge on any atom is -0.485 e. The molecule has 0 spiro atoms. The van der Waals surface area contributed by atoms with Crippen LogP contribution < -0.4 is 10.1 Å². The Kier molecular flexibility index (Phi) is 4.59. The van der Waals surface area contributed by atoms with Gasteiger partial charge in [0.25, 0.3) is 0 Å².